The third-order valence-electron chi connectivity index (χ3n) is 6.29. The molecule has 4 atom stereocenters. The van der Waals surface area contributed by atoms with Gasteiger partial charge in [-0.3, -0.25) is 19.4 Å². The SMILES string of the molecule is C[C@@H]1C[C@H](C)CN(C(=O)[C@H](C)N2CCN([C@H](C)C(=O)NC3CC3)CC2)C1. The molecule has 148 valence electrons. The van der Waals surface area contributed by atoms with Gasteiger partial charge in [-0.2, -0.15) is 0 Å². The van der Waals surface area contributed by atoms with Gasteiger partial charge in [0.15, 0.2) is 0 Å². The molecule has 0 unspecified atom stereocenters. The highest BCUT2D eigenvalue weighted by molar-refractivity contribution is 5.82. The number of piperidine rings is 1. The van der Waals surface area contributed by atoms with Crippen LogP contribution in [-0.2, 0) is 9.59 Å². The summed E-state index contributed by atoms with van der Waals surface area (Å²) >= 11 is 0. The van der Waals surface area contributed by atoms with Gasteiger partial charge in [0.05, 0.1) is 12.1 Å². The molecule has 1 aliphatic carbocycles. The normalized spacial score (nSPS) is 30.7. The number of hydrogen-bond donors (Lipinski definition) is 1. The second kappa shape index (κ2) is 8.26. The summed E-state index contributed by atoms with van der Waals surface area (Å²) in [6, 6.07) is 0.274. The molecule has 0 aromatic heterocycles. The third-order valence-corrected chi connectivity index (χ3v) is 6.29. The van der Waals surface area contributed by atoms with Crippen molar-refractivity contribution in [3.8, 4) is 0 Å². The first-order valence-corrected chi connectivity index (χ1v) is 10.4. The Morgan fingerprint density at radius 2 is 1.38 bits per heavy atom. The van der Waals surface area contributed by atoms with E-state index in [4.69, 9.17) is 0 Å². The van der Waals surface area contributed by atoms with Crippen molar-refractivity contribution in [1.29, 1.82) is 0 Å². The molecule has 2 saturated heterocycles. The Morgan fingerprint density at radius 3 is 1.88 bits per heavy atom. The summed E-state index contributed by atoms with van der Waals surface area (Å²) in [4.78, 5) is 31.8. The fourth-order valence-electron chi connectivity index (χ4n) is 4.49. The van der Waals surface area contributed by atoms with Gasteiger partial charge in [-0.05, 0) is 44.9 Å². The van der Waals surface area contributed by atoms with E-state index in [2.05, 4.69) is 33.9 Å². The number of hydrogen-bond acceptors (Lipinski definition) is 4. The fourth-order valence-corrected chi connectivity index (χ4v) is 4.49. The van der Waals surface area contributed by atoms with Gasteiger partial charge in [0.25, 0.3) is 0 Å². The zero-order valence-electron chi connectivity index (χ0n) is 16.9. The summed E-state index contributed by atoms with van der Waals surface area (Å²) in [5, 5.41) is 3.10. The number of rotatable bonds is 5. The Balaban J connectivity index is 1.47. The largest absolute Gasteiger partial charge is 0.352 e. The molecule has 3 aliphatic rings. The van der Waals surface area contributed by atoms with E-state index in [1.165, 1.54) is 6.42 Å². The summed E-state index contributed by atoms with van der Waals surface area (Å²) in [5.74, 6) is 1.62. The third kappa shape index (κ3) is 4.77. The lowest BCUT2D eigenvalue weighted by Crippen LogP contribution is -2.58. The van der Waals surface area contributed by atoms with E-state index >= 15 is 0 Å². The van der Waals surface area contributed by atoms with Crippen LogP contribution >= 0.6 is 0 Å². The Bertz CT molecular complexity index is 504. The first-order chi connectivity index (χ1) is 12.3. The molecular formula is C20H36N4O2. The summed E-state index contributed by atoms with van der Waals surface area (Å²) in [5.41, 5.74) is 0. The molecule has 3 fully saturated rings. The molecular weight excluding hydrogens is 328 g/mol. The van der Waals surface area contributed by atoms with Crippen LogP contribution in [0.2, 0.25) is 0 Å². The van der Waals surface area contributed by atoms with Crippen LogP contribution in [0.3, 0.4) is 0 Å². The summed E-state index contributed by atoms with van der Waals surface area (Å²) < 4.78 is 0. The second-order valence-electron chi connectivity index (χ2n) is 8.90. The lowest BCUT2D eigenvalue weighted by Gasteiger charge is -2.42. The van der Waals surface area contributed by atoms with Crippen LogP contribution in [0.1, 0.15) is 47.0 Å². The van der Waals surface area contributed by atoms with Gasteiger partial charge in [0.2, 0.25) is 11.8 Å². The van der Waals surface area contributed by atoms with Crippen LogP contribution in [0, 0.1) is 11.8 Å². The Hall–Kier alpha value is -1.14. The minimum atomic E-state index is -0.0763. The number of nitrogens with zero attached hydrogens (tertiary/aromatic N) is 3. The van der Waals surface area contributed by atoms with E-state index in [1.54, 1.807) is 0 Å². The highest BCUT2D eigenvalue weighted by atomic mass is 16.2. The minimum absolute atomic E-state index is 0.0646. The Labute approximate surface area is 158 Å². The van der Waals surface area contributed by atoms with Crippen molar-refractivity contribution >= 4 is 11.8 Å². The molecule has 26 heavy (non-hydrogen) atoms. The predicted molar refractivity (Wildman–Crippen MR) is 103 cm³/mol. The maximum absolute atomic E-state index is 12.9. The van der Waals surface area contributed by atoms with Crippen LogP contribution in [-0.4, -0.2) is 83.9 Å². The van der Waals surface area contributed by atoms with E-state index in [0.29, 0.717) is 17.9 Å². The van der Waals surface area contributed by atoms with E-state index in [1.807, 2.05) is 13.8 Å². The van der Waals surface area contributed by atoms with Crippen LogP contribution < -0.4 is 5.32 Å². The van der Waals surface area contributed by atoms with Crippen molar-refractivity contribution < 1.29 is 9.59 Å². The summed E-state index contributed by atoms with van der Waals surface area (Å²) in [6.07, 6.45) is 3.47. The molecule has 0 bridgehead atoms. The quantitative estimate of drug-likeness (QED) is 0.796. The van der Waals surface area contributed by atoms with Crippen molar-refractivity contribution in [2.45, 2.75) is 65.1 Å². The van der Waals surface area contributed by atoms with E-state index in [0.717, 1.165) is 52.1 Å². The lowest BCUT2D eigenvalue weighted by molar-refractivity contribution is -0.140. The molecule has 2 amide bonds. The first kappa shape index (κ1) is 19.6. The van der Waals surface area contributed by atoms with Crippen molar-refractivity contribution in [3.05, 3.63) is 0 Å². The first-order valence-electron chi connectivity index (χ1n) is 10.4. The maximum atomic E-state index is 12.9. The number of nitrogens with one attached hydrogen (secondary N) is 1. The number of piperazine rings is 1. The highest BCUT2D eigenvalue weighted by Gasteiger charge is 2.34. The van der Waals surface area contributed by atoms with Crippen LogP contribution in [0.4, 0.5) is 0 Å². The van der Waals surface area contributed by atoms with Crippen LogP contribution in [0.15, 0.2) is 0 Å². The van der Waals surface area contributed by atoms with Gasteiger partial charge in [-0.15, -0.1) is 0 Å². The number of amides is 2. The van der Waals surface area contributed by atoms with Crippen molar-refractivity contribution in [2.75, 3.05) is 39.3 Å². The maximum Gasteiger partial charge on any atom is 0.239 e. The molecule has 2 aliphatic heterocycles. The standard InChI is InChI=1S/C20H36N4O2/c1-14-11-15(2)13-24(12-14)20(26)17(4)23-9-7-22(8-10-23)16(3)19(25)21-18-5-6-18/h14-18H,5-13H2,1-4H3,(H,21,25)/t14-,15+,16-,17+/m1/s1. The van der Waals surface area contributed by atoms with Crippen molar-refractivity contribution in [2.24, 2.45) is 11.8 Å². The van der Waals surface area contributed by atoms with Crippen molar-refractivity contribution in [3.63, 3.8) is 0 Å². The monoisotopic (exact) mass is 364 g/mol. The zero-order valence-corrected chi connectivity index (χ0v) is 16.9. The van der Waals surface area contributed by atoms with Gasteiger partial charge in [-0.1, -0.05) is 13.8 Å². The molecule has 0 spiro atoms. The molecule has 6 heteroatoms. The van der Waals surface area contributed by atoms with E-state index < -0.39 is 0 Å². The smallest absolute Gasteiger partial charge is 0.239 e. The van der Waals surface area contributed by atoms with Gasteiger partial charge in [0, 0.05) is 45.3 Å². The highest BCUT2D eigenvalue weighted by Crippen LogP contribution is 2.23. The molecule has 3 rings (SSSR count). The molecule has 6 nitrogen and oxygen atoms in total. The van der Waals surface area contributed by atoms with E-state index in [-0.39, 0.29) is 23.9 Å². The topological polar surface area (TPSA) is 55.9 Å². The van der Waals surface area contributed by atoms with Gasteiger partial charge < -0.3 is 10.2 Å². The molecule has 0 aromatic rings. The molecule has 2 heterocycles. The lowest BCUT2D eigenvalue weighted by atomic mass is 9.91. The fraction of sp³-hybridized carbons (Fsp3) is 0.900. The van der Waals surface area contributed by atoms with Gasteiger partial charge in [0.1, 0.15) is 0 Å². The van der Waals surface area contributed by atoms with Gasteiger partial charge >= 0.3 is 0 Å². The average Bonchev–Trinajstić information content (AvgIpc) is 3.43. The van der Waals surface area contributed by atoms with Crippen LogP contribution in [0.25, 0.3) is 0 Å². The zero-order chi connectivity index (χ0) is 18.8. The second-order valence-corrected chi connectivity index (χ2v) is 8.90. The van der Waals surface area contributed by atoms with E-state index in [9.17, 15) is 9.59 Å². The molecule has 0 aromatic carbocycles. The summed E-state index contributed by atoms with van der Waals surface area (Å²) in [7, 11) is 0. The number of likely N-dealkylation sites (tertiary alicyclic amines) is 1. The number of carbonyl (C=O) groups excluding carboxylic acids is 2. The molecule has 0 radical (unpaired) electrons. The summed E-state index contributed by atoms with van der Waals surface area (Å²) in [6.45, 7) is 13.7. The minimum Gasteiger partial charge on any atom is -0.352 e. The number of carbonyl (C=O) groups is 2. The van der Waals surface area contributed by atoms with Gasteiger partial charge in [-0.25, -0.2) is 0 Å². The van der Waals surface area contributed by atoms with Crippen molar-refractivity contribution in [1.82, 2.24) is 20.0 Å². The molecule has 1 saturated carbocycles. The predicted octanol–water partition coefficient (Wildman–Crippen LogP) is 1.16. The average molecular weight is 365 g/mol. The Morgan fingerprint density at radius 1 is 0.885 bits per heavy atom. The molecule has 1 N–H and O–H groups in total. The van der Waals surface area contributed by atoms with Crippen LogP contribution in [0.5, 0.6) is 0 Å². The Kier molecular flexibility index (Phi) is 6.23.